The van der Waals surface area contributed by atoms with E-state index in [4.69, 9.17) is 18.9 Å². The lowest BCUT2D eigenvalue weighted by Gasteiger charge is -2.72. The molecule has 7 rings (SSSR count). The van der Waals surface area contributed by atoms with Crippen LogP contribution in [0.5, 0.6) is 0 Å². The zero-order chi connectivity index (χ0) is 39.6. The minimum absolute atomic E-state index is 0.0990. The molecule has 4 saturated carbocycles. The maximum atomic E-state index is 12.1. The standard InChI is InChI=1S/C41H68O13/c1-36(2)12-13-37(3)21(14-36)20-8-9-26-38(4)15-22(44)33(39(5,19-43)25(38)10-11-40(26,6)41(20,7)16-27(37)46)54-35-31(50)32(29(48)24(17-42)52-35)53-34-30(49)28(47)23(45)18-51-34/h8,21-35,42-50H,9-19H2,1-7H3/t21-,22-,23+,24+,25+,26+,27+,28-,29+,30+,31+,32-,33-,34-,35-,37-,38-,39-,40+,41+/m0/s1. The second-order valence-electron chi connectivity index (χ2n) is 20.5. The maximum Gasteiger partial charge on any atom is 0.187 e. The Morgan fingerprint density at radius 1 is 0.722 bits per heavy atom. The monoisotopic (exact) mass is 768 g/mol. The van der Waals surface area contributed by atoms with Gasteiger partial charge in [0.1, 0.15) is 42.7 Å². The molecule has 2 heterocycles. The molecule has 310 valence electrons. The summed E-state index contributed by atoms with van der Waals surface area (Å²) in [6, 6.07) is 0. The van der Waals surface area contributed by atoms with Gasteiger partial charge >= 0.3 is 0 Å². The molecule has 0 aromatic rings. The molecule has 0 spiro atoms. The van der Waals surface area contributed by atoms with Crippen molar-refractivity contribution in [3.63, 3.8) is 0 Å². The Labute approximate surface area is 319 Å². The Balaban J connectivity index is 1.16. The van der Waals surface area contributed by atoms with Crippen molar-refractivity contribution >= 4 is 0 Å². The highest BCUT2D eigenvalue weighted by Gasteiger charge is 2.71. The van der Waals surface area contributed by atoms with E-state index >= 15 is 0 Å². The minimum atomic E-state index is -1.70. The highest BCUT2D eigenvalue weighted by molar-refractivity contribution is 5.35. The van der Waals surface area contributed by atoms with Crippen molar-refractivity contribution in [1.29, 1.82) is 0 Å². The van der Waals surface area contributed by atoms with Gasteiger partial charge in [-0.2, -0.15) is 0 Å². The Hall–Kier alpha value is -0.780. The van der Waals surface area contributed by atoms with E-state index in [0.717, 1.165) is 38.5 Å². The molecule has 0 aromatic heterocycles. The van der Waals surface area contributed by atoms with Gasteiger partial charge in [-0.05, 0) is 90.8 Å². The fraction of sp³-hybridized carbons (Fsp3) is 0.951. The number of ether oxygens (including phenoxy) is 4. The number of hydrogen-bond acceptors (Lipinski definition) is 13. The number of aliphatic hydroxyl groups excluding tert-OH is 9. The van der Waals surface area contributed by atoms with Crippen LogP contribution in [0.3, 0.4) is 0 Å². The number of rotatable bonds is 6. The van der Waals surface area contributed by atoms with E-state index in [2.05, 4.69) is 47.6 Å². The average Bonchev–Trinajstić information content (AvgIpc) is 3.10. The van der Waals surface area contributed by atoms with Crippen molar-refractivity contribution < 1.29 is 64.9 Å². The van der Waals surface area contributed by atoms with E-state index in [1.54, 1.807) is 0 Å². The van der Waals surface area contributed by atoms with Gasteiger partial charge in [0, 0.05) is 10.8 Å². The first-order valence-electron chi connectivity index (χ1n) is 20.4. The fourth-order valence-corrected chi connectivity index (χ4v) is 13.5. The highest BCUT2D eigenvalue weighted by Crippen LogP contribution is 2.76. The molecule has 54 heavy (non-hydrogen) atoms. The summed E-state index contributed by atoms with van der Waals surface area (Å²) in [6.07, 6.45) is -7.11. The summed E-state index contributed by atoms with van der Waals surface area (Å²) in [6.45, 7) is 14.6. The summed E-state index contributed by atoms with van der Waals surface area (Å²) in [7, 11) is 0. The van der Waals surface area contributed by atoms with Crippen LogP contribution in [-0.4, -0.2) is 139 Å². The van der Waals surface area contributed by atoms with E-state index in [1.807, 2.05) is 6.92 Å². The Bertz CT molecular complexity index is 1430. The van der Waals surface area contributed by atoms with Crippen molar-refractivity contribution in [2.24, 2.45) is 50.2 Å². The normalized spacial score (nSPS) is 57.2. The summed E-state index contributed by atoms with van der Waals surface area (Å²) in [5.41, 5.74) is -0.290. The fourth-order valence-electron chi connectivity index (χ4n) is 13.5. The molecule has 6 fully saturated rings. The molecule has 9 N–H and O–H groups in total. The minimum Gasteiger partial charge on any atom is -0.396 e. The molecule has 5 aliphatic carbocycles. The van der Waals surface area contributed by atoms with Crippen molar-refractivity contribution in [3.05, 3.63) is 11.6 Å². The van der Waals surface area contributed by atoms with Gasteiger partial charge in [-0.15, -0.1) is 0 Å². The first-order valence-corrected chi connectivity index (χ1v) is 20.4. The topological polar surface area (TPSA) is 219 Å². The van der Waals surface area contributed by atoms with Crippen LogP contribution in [-0.2, 0) is 18.9 Å². The summed E-state index contributed by atoms with van der Waals surface area (Å²) < 4.78 is 23.5. The smallest absolute Gasteiger partial charge is 0.187 e. The lowest BCUT2D eigenvalue weighted by Crippen LogP contribution is -2.70. The van der Waals surface area contributed by atoms with Crippen LogP contribution in [0.4, 0.5) is 0 Å². The molecule has 2 saturated heterocycles. The van der Waals surface area contributed by atoms with Gasteiger partial charge in [-0.25, -0.2) is 0 Å². The summed E-state index contributed by atoms with van der Waals surface area (Å²) >= 11 is 0. The van der Waals surface area contributed by atoms with E-state index in [1.165, 1.54) is 5.57 Å². The van der Waals surface area contributed by atoms with Crippen molar-refractivity contribution in [2.75, 3.05) is 19.8 Å². The lowest BCUT2D eigenvalue weighted by molar-refractivity contribution is -0.369. The van der Waals surface area contributed by atoms with Crippen LogP contribution in [0.2, 0.25) is 0 Å². The van der Waals surface area contributed by atoms with E-state index in [9.17, 15) is 46.0 Å². The Morgan fingerprint density at radius 2 is 1.43 bits per heavy atom. The summed E-state index contributed by atoms with van der Waals surface area (Å²) in [4.78, 5) is 0. The molecule has 7 aliphatic rings. The van der Waals surface area contributed by atoms with Crippen molar-refractivity contribution in [2.45, 2.75) is 173 Å². The number of fused-ring (bicyclic) bond motifs is 7. The zero-order valence-electron chi connectivity index (χ0n) is 33.2. The molecule has 20 atom stereocenters. The van der Waals surface area contributed by atoms with Gasteiger partial charge in [0.25, 0.3) is 0 Å². The van der Waals surface area contributed by atoms with Gasteiger partial charge in [0.2, 0.25) is 0 Å². The predicted molar refractivity (Wildman–Crippen MR) is 194 cm³/mol. The third-order valence-corrected chi connectivity index (χ3v) is 17.0. The second kappa shape index (κ2) is 13.9. The third-order valence-electron chi connectivity index (χ3n) is 17.0. The maximum absolute atomic E-state index is 12.1. The second-order valence-corrected chi connectivity index (χ2v) is 20.5. The average molecular weight is 769 g/mol. The summed E-state index contributed by atoms with van der Waals surface area (Å²) in [5.74, 6) is 0.348. The Kier molecular flexibility index (Phi) is 10.7. The first-order chi connectivity index (χ1) is 25.1. The lowest BCUT2D eigenvalue weighted by atomic mass is 9.33. The van der Waals surface area contributed by atoms with Crippen molar-refractivity contribution in [3.8, 4) is 0 Å². The van der Waals surface area contributed by atoms with Gasteiger partial charge in [0.15, 0.2) is 12.6 Å². The predicted octanol–water partition coefficient (Wildman–Crippen LogP) is 1.37. The molecule has 0 radical (unpaired) electrons. The number of allylic oxidation sites excluding steroid dienone is 2. The van der Waals surface area contributed by atoms with Gasteiger partial charge in [0.05, 0.1) is 38.1 Å². The SMILES string of the molecule is CC1(C)CC[C@]2(C)[C@H](O)C[C@]3(C)C(=CC[C@@H]4[C@@]5(C)C[C@H](O)[C@H](O[C@@H]6O[C@H](CO)[C@@H](O)[C@H](O[C@@H]7OC[C@@H](O)[C@H](O)[C@H]7O)[C@H]6O)[C@@](C)(CO)[C@@H]5CC[C@]43C)[C@@H]2C1. The summed E-state index contributed by atoms with van der Waals surface area (Å²) in [5, 5.41) is 98.6. The van der Waals surface area contributed by atoms with Crippen molar-refractivity contribution in [1.82, 2.24) is 0 Å². The first kappa shape index (κ1) is 41.4. The molecule has 0 unspecified atom stereocenters. The third kappa shape index (κ3) is 5.96. The molecule has 0 aromatic carbocycles. The van der Waals surface area contributed by atoms with Crippen LogP contribution < -0.4 is 0 Å². The largest absolute Gasteiger partial charge is 0.396 e. The van der Waals surface area contributed by atoms with E-state index in [-0.39, 0.29) is 46.7 Å². The number of hydrogen-bond donors (Lipinski definition) is 9. The van der Waals surface area contributed by atoms with Crippen LogP contribution in [0, 0.1) is 50.2 Å². The Morgan fingerprint density at radius 3 is 2.09 bits per heavy atom. The van der Waals surface area contributed by atoms with Crippen LogP contribution >= 0.6 is 0 Å². The van der Waals surface area contributed by atoms with Gasteiger partial charge < -0.3 is 64.9 Å². The molecule has 13 heteroatoms. The zero-order valence-corrected chi connectivity index (χ0v) is 33.2. The molecule has 13 nitrogen and oxygen atoms in total. The quantitative estimate of drug-likeness (QED) is 0.138. The molecule has 0 amide bonds. The highest BCUT2D eigenvalue weighted by atomic mass is 16.7. The molecular weight excluding hydrogens is 700 g/mol. The number of aliphatic hydroxyl groups is 9. The van der Waals surface area contributed by atoms with Crippen LogP contribution in [0.15, 0.2) is 11.6 Å². The van der Waals surface area contributed by atoms with Gasteiger partial charge in [-0.1, -0.05) is 60.1 Å². The van der Waals surface area contributed by atoms with Crippen LogP contribution in [0.25, 0.3) is 0 Å². The van der Waals surface area contributed by atoms with E-state index < -0.39 is 91.1 Å². The van der Waals surface area contributed by atoms with Gasteiger partial charge in [-0.3, -0.25) is 0 Å². The van der Waals surface area contributed by atoms with Crippen LogP contribution in [0.1, 0.15) is 99.8 Å². The molecular formula is C41H68O13. The molecule has 2 aliphatic heterocycles. The van der Waals surface area contributed by atoms with E-state index in [0.29, 0.717) is 18.8 Å². The molecule has 0 bridgehead atoms.